The van der Waals surface area contributed by atoms with Gasteiger partial charge in [0.05, 0.1) is 11.5 Å². The van der Waals surface area contributed by atoms with Crippen LogP contribution in [0.15, 0.2) is 23.7 Å². The molecule has 0 amide bonds. The molecule has 0 fully saturated rings. The third-order valence-corrected chi connectivity index (χ3v) is 4.17. The highest BCUT2D eigenvalue weighted by Crippen LogP contribution is 2.27. The number of hydrogen-bond acceptors (Lipinski definition) is 4. The van der Waals surface area contributed by atoms with Gasteiger partial charge in [-0.15, -0.1) is 11.3 Å². The molecule has 0 aliphatic carbocycles. The van der Waals surface area contributed by atoms with E-state index < -0.39 is 0 Å². The first-order valence-corrected chi connectivity index (χ1v) is 8.02. The maximum atomic E-state index is 9.21. The van der Waals surface area contributed by atoms with Gasteiger partial charge in [0.15, 0.2) is 0 Å². The molecular formula is C15H23N3OS. The van der Waals surface area contributed by atoms with Crippen molar-refractivity contribution >= 4 is 11.3 Å². The highest BCUT2D eigenvalue weighted by Gasteiger charge is 2.14. The zero-order chi connectivity index (χ0) is 14.4. The smallest absolute Gasteiger partial charge is 0.107 e. The van der Waals surface area contributed by atoms with E-state index in [0.717, 1.165) is 31.7 Å². The van der Waals surface area contributed by atoms with Gasteiger partial charge >= 0.3 is 0 Å². The number of unbranched alkanes of at least 4 members (excludes halogenated alkanes) is 1. The van der Waals surface area contributed by atoms with Gasteiger partial charge in [0.25, 0.3) is 0 Å². The fourth-order valence-electron chi connectivity index (χ4n) is 2.31. The fraction of sp³-hybridized carbons (Fsp3) is 0.533. The van der Waals surface area contributed by atoms with Crippen LogP contribution in [0.3, 0.4) is 0 Å². The second-order valence-electron chi connectivity index (χ2n) is 5.01. The van der Waals surface area contributed by atoms with Gasteiger partial charge in [-0.3, -0.25) is 9.58 Å². The normalized spacial score (nSPS) is 11.4. The lowest BCUT2D eigenvalue weighted by Gasteiger charge is -2.20. The van der Waals surface area contributed by atoms with Crippen LogP contribution in [-0.4, -0.2) is 39.5 Å². The van der Waals surface area contributed by atoms with Crippen LogP contribution >= 0.6 is 11.3 Å². The number of nitrogens with zero attached hydrogens (tertiary/aromatic N) is 3. The van der Waals surface area contributed by atoms with Crippen LogP contribution in [0, 0.1) is 0 Å². The lowest BCUT2D eigenvalue weighted by Crippen LogP contribution is -2.27. The maximum Gasteiger partial charge on any atom is 0.107 e. The van der Waals surface area contributed by atoms with Crippen molar-refractivity contribution in [3.05, 3.63) is 29.3 Å². The molecule has 0 unspecified atom stereocenters. The number of thiophene rings is 1. The minimum absolute atomic E-state index is 0.207. The van der Waals surface area contributed by atoms with Crippen molar-refractivity contribution in [1.29, 1.82) is 0 Å². The van der Waals surface area contributed by atoms with Gasteiger partial charge in [0, 0.05) is 31.9 Å². The summed E-state index contributed by atoms with van der Waals surface area (Å²) >= 11 is 1.72. The van der Waals surface area contributed by atoms with Gasteiger partial charge in [0.1, 0.15) is 5.69 Å². The molecule has 5 heteroatoms. The first kappa shape index (κ1) is 15.2. The van der Waals surface area contributed by atoms with Crippen LogP contribution < -0.4 is 0 Å². The highest BCUT2D eigenvalue weighted by atomic mass is 32.1. The van der Waals surface area contributed by atoms with Crippen LogP contribution in [0.4, 0.5) is 0 Å². The molecule has 0 saturated heterocycles. The SMILES string of the molecule is CCCCN(CCO)Cc1cn(C)nc1-c1cccs1. The van der Waals surface area contributed by atoms with E-state index in [1.807, 2.05) is 11.7 Å². The number of aryl methyl sites for hydroxylation is 1. The molecule has 0 bridgehead atoms. The Hall–Kier alpha value is -1.17. The first-order valence-electron chi connectivity index (χ1n) is 7.14. The maximum absolute atomic E-state index is 9.21. The lowest BCUT2D eigenvalue weighted by molar-refractivity contribution is 0.188. The largest absolute Gasteiger partial charge is 0.395 e. The molecule has 0 aromatic carbocycles. The quantitative estimate of drug-likeness (QED) is 0.813. The van der Waals surface area contributed by atoms with E-state index in [9.17, 15) is 5.11 Å². The summed E-state index contributed by atoms with van der Waals surface area (Å²) in [4.78, 5) is 3.51. The van der Waals surface area contributed by atoms with E-state index in [4.69, 9.17) is 0 Å². The van der Waals surface area contributed by atoms with Gasteiger partial charge < -0.3 is 5.11 Å². The van der Waals surface area contributed by atoms with E-state index in [2.05, 4.69) is 40.6 Å². The molecule has 0 aliphatic rings. The van der Waals surface area contributed by atoms with Crippen molar-refractivity contribution < 1.29 is 5.11 Å². The Morgan fingerprint density at radius 3 is 2.90 bits per heavy atom. The monoisotopic (exact) mass is 293 g/mol. The molecule has 0 saturated carbocycles. The predicted octanol–water partition coefficient (Wildman–Crippen LogP) is 2.74. The third kappa shape index (κ3) is 3.91. The number of aliphatic hydroxyl groups is 1. The van der Waals surface area contributed by atoms with Gasteiger partial charge in [0.2, 0.25) is 0 Å². The van der Waals surface area contributed by atoms with E-state index in [1.54, 1.807) is 11.3 Å². The Kier molecular flexibility index (Phi) is 5.76. The van der Waals surface area contributed by atoms with Crippen LogP contribution in [0.1, 0.15) is 25.3 Å². The molecule has 2 rings (SSSR count). The minimum atomic E-state index is 0.207. The molecule has 0 atom stereocenters. The Bertz CT molecular complexity index is 507. The van der Waals surface area contributed by atoms with Crippen LogP contribution in [0.5, 0.6) is 0 Å². The van der Waals surface area contributed by atoms with Crippen molar-refractivity contribution in [3.63, 3.8) is 0 Å². The summed E-state index contributed by atoms with van der Waals surface area (Å²) in [5.74, 6) is 0. The number of hydrogen-bond donors (Lipinski definition) is 1. The molecule has 20 heavy (non-hydrogen) atoms. The van der Waals surface area contributed by atoms with Crippen molar-refractivity contribution in [2.75, 3.05) is 19.7 Å². The molecule has 2 heterocycles. The summed E-state index contributed by atoms with van der Waals surface area (Å²) in [5.41, 5.74) is 2.31. The number of rotatable bonds is 8. The summed E-state index contributed by atoms with van der Waals surface area (Å²) in [7, 11) is 1.96. The molecule has 1 N–H and O–H groups in total. The van der Waals surface area contributed by atoms with Crippen molar-refractivity contribution in [2.45, 2.75) is 26.3 Å². The van der Waals surface area contributed by atoms with Crippen molar-refractivity contribution in [1.82, 2.24) is 14.7 Å². The Labute approximate surface area is 124 Å². The molecule has 0 radical (unpaired) electrons. The summed E-state index contributed by atoms with van der Waals surface area (Å²) < 4.78 is 1.88. The van der Waals surface area contributed by atoms with Gasteiger partial charge in [-0.05, 0) is 24.4 Å². The molecular weight excluding hydrogens is 270 g/mol. The molecule has 4 nitrogen and oxygen atoms in total. The second-order valence-corrected chi connectivity index (χ2v) is 5.95. The molecule has 0 spiro atoms. The first-order chi connectivity index (χ1) is 9.74. The standard InChI is InChI=1S/C15H23N3OS/c1-3-4-7-18(8-9-19)12-13-11-17(2)16-15(13)14-6-5-10-20-14/h5-6,10-11,19H,3-4,7-9,12H2,1-2H3. The fourth-order valence-corrected chi connectivity index (χ4v) is 3.05. The van der Waals surface area contributed by atoms with Gasteiger partial charge in [-0.1, -0.05) is 19.4 Å². The molecule has 110 valence electrons. The number of aromatic nitrogens is 2. The average Bonchev–Trinajstić information content (AvgIpc) is 3.05. The van der Waals surface area contributed by atoms with E-state index >= 15 is 0 Å². The second kappa shape index (κ2) is 7.57. The summed E-state index contributed by atoms with van der Waals surface area (Å²) in [6, 6.07) is 4.17. The van der Waals surface area contributed by atoms with Crippen molar-refractivity contribution in [3.8, 4) is 10.6 Å². The van der Waals surface area contributed by atoms with E-state index in [-0.39, 0.29) is 6.61 Å². The zero-order valence-electron chi connectivity index (χ0n) is 12.2. The summed E-state index contributed by atoms with van der Waals surface area (Å²) in [6.07, 6.45) is 4.42. The Morgan fingerprint density at radius 2 is 2.25 bits per heavy atom. The van der Waals surface area contributed by atoms with Gasteiger partial charge in [-0.2, -0.15) is 5.10 Å². The van der Waals surface area contributed by atoms with Gasteiger partial charge in [-0.25, -0.2) is 0 Å². The summed E-state index contributed by atoms with van der Waals surface area (Å²) in [6.45, 7) is 4.99. The van der Waals surface area contributed by atoms with Crippen molar-refractivity contribution in [2.24, 2.45) is 7.05 Å². The zero-order valence-corrected chi connectivity index (χ0v) is 13.1. The van der Waals surface area contributed by atoms with Crippen LogP contribution in [-0.2, 0) is 13.6 Å². The lowest BCUT2D eigenvalue weighted by atomic mass is 10.2. The Balaban J connectivity index is 2.14. The summed E-state index contributed by atoms with van der Waals surface area (Å²) in [5, 5.41) is 15.9. The number of aliphatic hydroxyl groups excluding tert-OH is 1. The molecule has 2 aromatic heterocycles. The van der Waals surface area contributed by atoms with E-state index in [1.165, 1.54) is 16.9 Å². The van der Waals surface area contributed by atoms with Crippen LogP contribution in [0.25, 0.3) is 10.6 Å². The topological polar surface area (TPSA) is 41.3 Å². The molecule has 0 aliphatic heterocycles. The highest BCUT2D eigenvalue weighted by molar-refractivity contribution is 7.13. The minimum Gasteiger partial charge on any atom is -0.395 e. The third-order valence-electron chi connectivity index (χ3n) is 3.30. The Morgan fingerprint density at radius 1 is 1.40 bits per heavy atom. The van der Waals surface area contributed by atoms with E-state index in [0.29, 0.717) is 0 Å². The van der Waals surface area contributed by atoms with Crippen LogP contribution in [0.2, 0.25) is 0 Å². The predicted molar refractivity (Wildman–Crippen MR) is 83.8 cm³/mol. The molecule has 2 aromatic rings. The average molecular weight is 293 g/mol.